The zero-order chi connectivity index (χ0) is 26.5. The number of thiophene rings is 1. The average molecular weight is 525 g/mol. The van der Waals surface area contributed by atoms with Crippen molar-refractivity contribution in [3.8, 4) is 40.3 Å². The molecule has 0 bridgehead atoms. The number of carbonyl (C=O) groups excluding carboxylic acids is 1. The molecule has 0 spiro atoms. The van der Waals surface area contributed by atoms with Gasteiger partial charge in [0.1, 0.15) is 27.9 Å². The number of methoxy groups -OCH3 is 1. The maximum Gasteiger partial charge on any atom is 0.235 e. The zero-order valence-electron chi connectivity index (χ0n) is 20.9. The van der Waals surface area contributed by atoms with Crippen molar-refractivity contribution in [2.45, 2.75) is 25.8 Å². The Labute approximate surface area is 224 Å². The summed E-state index contributed by atoms with van der Waals surface area (Å²) in [4.78, 5) is 18.6. The third kappa shape index (κ3) is 5.67. The molecule has 1 N–H and O–H groups in total. The molecule has 4 aromatic rings. The van der Waals surface area contributed by atoms with Gasteiger partial charge in [-0.3, -0.25) is 4.79 Å². The first-order valence-corrected chi connectivity index (χ1v) is 13.2. The molecule has 2 aromatic carbocycles. The van der Waals surface area contributed by atoms with Gasteiger partial charge in [-0.25, -0.2) is 4.98 Å². The van der Waals surface area contributed by atoms with E-state index in [0.29, 0.717) is 26.8 Å². The summed E-state index contributed by atoms with van der Waals surface area (Å²) in [5.41, 5.74) is 6.11. The number of anilines is 1. The van der Waals surface area contributed by atoms with Crippen LogP contribution in [0, 0.1) is 43.4 Å². The van der Waals surface area contributed by atoms with Crippen LogP contribution in [0.5, 0.6) is 5.75 Å². The number of aromatic nitrogens is 1. The van der Waals surface area contributed by atoms with Crippen molar-refractivity contribution in [2.75, 3.05) is 18.2 Å². The van der Waals surface area contributed by atoms with E-state index in [1.807, 2.05) is 75.4 Å². The number of nitrogens with one attached hydrogen (secondary N) is 1. The van der Waals surface area contributed by atoms with Crippen molar-refractivity contribution < 1.29 is 9.53 Å². The molecule has 184 valence electrons. The predicted octanol–water partition coefficient (Wildman–Crippen LogP) is 6.89. The third-order valence-electron chi connectivity index (χ3n) is 5.94. The van der Waals surface area contributed by atoms with E-state index in [2.05, 4.69) is 17.5 Å². The Kier molecular flexibility index (Phi) is 7.93. The van der Waals surface area contributed by atoms with Crippen LogP contribution in [-0.4, -0.2) is 23.8 Å². The number of pyridine rings is 1. The van der Waals surface area contributed by atoms with Crippen molar-refractivity contribution in [1.82, 2.24) is 4.98 Å². The fourth-order valence-electron chi connectivity index (χ4n) is 3.75. The lowest BCUT2D eigenvalue weighted by Gasteiger charge is -2.13. The molecule has 1 amide bonds. The van der Waals surface area contributed by atoms with Gasteiger partial charge in [0.25, 0.3) is 0 Å². The summed E-state index contributed by atoms with van der Waals surface area (Å²) < 4.78 is 5.28. The van der Waals surface area contributed by atoms with Crippen LogP contribution in [0.4, 0.5) is 5.00 Å². The molecule has 2 heterocycles. The first-order valence-electron chi connectivity index (χ1n) is 11.4. The van der Waals surface area contributed by atoms with E-state index in [-0.39, 0.29) is 11.7 Å². The van der Waals surface area contributed by atoms with E-state index in [1.54, 1.807) is 7.11 Å². The third-order valence-corrected chi connectivity index (χ3v) is 8.03. The number of nitriles is 2. The van der Waals surface area contributed by atoms with Crippen LogP contribution in [-0.2, 0) is 4.79 Å². The Hall–Kier alpha value is -4.11. The minimum absolute atomic E-state index is 0.0436. The summed E-state index contributed by atoms with van der Waals surface area (Å²) in [6.45, 7) is 5.81. The number of hydrogen-bond donors (Lipinski definition) is 1. The van der Waals surface area contributed by atoms with Crippen LogP contribution in [0.15, 0.2) is 59.6 Å². The molecule has 0 aliphatic heterocycles. The van der Waals surface area contributed by atoms with Crippen molar-refractivity contribution >= 4 is 34.0 Å². The number of carbonyl (C=O) groups is 1. The van der Waals surface area contributed by atoms with Gasteiger partial charge in [-0.05, 0) is 50.1 Å². The standard InChI is InChI=1S/C29H24N4O2S2/c1-17-5-7-21(8-6-17)26-13-23(20-9-11-22(35-4)12-10-20)25(15-31)28(32-26)36-16-27(34)33-29-24(14-30)18(2)19(3)37-29/h5-13H,16H2,1-4H3,(H,33,34). The van der Waals surface area contributed by atoms with Gasteiger partial charge in [0.05, 0.1) is 29.7 Å². The summed E-state index contributed by atoms with van der Waals surface area (Å²) in [6, 6.07) is 21.9. The second-order valence-electron chi connectivity index (χ2n) is 8.38. The molecule has 0 atom stereocenters. The molecule has 0 saturated carbocycles. The molecule has 0 saturated heterocycles. The number of aryl methyl sites for hydroxylation is 2. The summed E-state index contributed by atoms with van der Waals surface area (Å²) >= 11 is 2.59. The summed E-state index contributed by atoms with van der Waals surface area (Å²) in [5, 5.41) is 23.4. The Morgan fingerprint density at radius 1 is 1.00 bits per heavy atom. The normalized spacial score (nSPS) is 10.4. The Balaban J connectivity index is 1.70. The van der Waals surface area contributed by atoms with Crippen molar-refractivity contribution in [1.29, 1.82) is 10.5 Å². The topological polar surface area (TPSA) is 98.8 Å². The number of ether oxygens (including phenoxy) is 1. The summed E-state index contributed by atoms with van der Waals surface area (Å²) in [7, 11) is 1.61. The van der Waals surface area contributed by atoms with Gasteiger partial charge in [0, 0.05) is 16.0 Å². The highest BCUT2D eigenvalue weighted by Gasteiger charge is 2.19. The van der Waals surface area contributed by atoms with Gasteiger partial charge in [-0.1, -0.05) is 53.7 Å². The molecule has 2 aromatic heterocycles. The number of benzene rings is 2. The lowest BCUT2D eigenvalue weighted by molar-refractivity contribution is -0.113. The van der Waals surface area contributed by atoms with E-state index < -0.39 is 0 Å². The number of nitrogens with zero attached hydrogens (tertiary/aromatic N) is 3. The van der Waals surface area contributed by atoms with Gasteiger partial charge < -0.3 is 10.1 Å². The molecule has 0 aliphatic rings. The van der Waals surface area contributed by atoms with Crippen LogP contribution in [0.1, 0.15) is 27.1 Å². The van der Waals surface area contributed by atoms with Crippen LogP contribution in [0.25, 0.3) is 22.4 Å². The van der Waals surface area contributed by atoms with Crippen LogP contribution in [0.3, 0.4) is 0 Å². The maximum atomic E-state index is 12.8. The molecular weight excluding hydrogens is 500 g/mol. The molecule has 4 rings (SSSR count). The lowest BCUT2D eigenvalue weighted by atomic mass is 9.99. The first kappa shape index (κ1) is 26.0. The molecule has 0 unspecified atom stereocenters. The van der Waals surface area contributed by atoms with Crippen molar-refractivity contribution in [3.63, 3.8) is 0 Å². The van der Waals surface area contributed by atoms with Crippen LogP contribution < -0.4 is 10.1 Å². The predicted molar refractivity (Wildman–Crippen MR) is 149 cm³/mol. The fraction of sp³-hybridized carbons (Fsp3) is 0.172. The van der Waals surface area contributed by atoms with Gasteiger partial charge >= 0.3 is 0 Å². The number of rotatable bonds is 7. The quantitative estimate of drug-likeness (QED) is 0.264. The maximum absolute atomic E-state index is 12.8. The fourth-order valence-corrected chi connectivity index (χ4v) is 5.58. The van der Waals surface area contributed by atoms with Crippen LogP contribution >= 0.6 is 23.1 Å². The SMILES string of the molecule is COc1ccc(-c2cc(-c3ccc(C)cc3)nc(SCC(=O)Nc3sc(C)c(C)c3C#N)c2C#N)cc1. The molecular formula is C29H24N4O2S2. The molecule has 0 fully saturated rings. The minimum Gasteiger partial charge on any atom is -0.497 e. The lowest BCUT2D eigenvalue weighted by Crippen LogP contribution is -2.14. The van der Waals surface area contributed by atoms with E-state index in [4.69, 9.17) is 9.72 Å². The van der Waals surface area contributed by atoms with Gasteiger partial charge in [0.2, 0.25) is 5.91 Å². The van der Waals surface area contributed by atoms with E-state index in [1.165, 1.54) is 23.1 Å². The van der Waals surface area contributed by atoms with E-state index >= 15 is 0 Å². The number of hydrogen-bond acceptors (Lipinski definition) is 7. The monoisotopic (exact) mass is 524 g/mol. The molecule has 0 radical (unpaired) electrons. The highest BCUT2D eigenvalue weighted by Crippen LogP contribution is 2.36. The average Bonchev–Trinajstić information content (AvgIpc) is 3.18. The Morgan fingerprint density at radius 3 is 2.27 bits per heavy atom. The molecule has 6 nitrogen and oxygen atoms in total. The highest BCUT2D eigenvalue weighted by molar-refractivity contribution is 8.00. The largest absolute Gasteiger partial charge is 0.497 e. The number of amides is 1. The Bertz CT molecular complexity index is 1540. The minimum atomic E-state index is -0.264. The Morgan fingerprint density at radius 2 is 1.65 bits per heavy atom. The van der Waals surface area contributed by atoms with Crippen molar-refractivity contribution in [3.05, 3.63) is 81.7 Å². The van der Waals surface area contributed by atoms with Gasteiger partial charge in [-0.2, -0.15) is 10.5 Å². The second kappa shape index (κ2) is 11.3. The van der Waals surface area contributed by atoms with E-state index in [9.17, 15) is 15.3 Å². The smallest absolute Gasteiger partial charge is 0.235 e. The second-order valence-corrected chi connectivity index (χ2v) is 10.6. The summed E-state index contributed by atoms with van der Waals surface area (Å²) in [5.74, 6) is 0.499. The molecule has 8 heteroatoms. The summed E-state index contributed by atoms with van der Waals surface area (Å²) in [6.07, 6.45) is 0. The van der Waals surface area contributed by atoms with E-state index in [0.717, 1.165) is 38.4 Å². The highest BCUT2D eigenvalue weighted by atomic mass is 32.2. The van der Waals surface area contributed by atoms with Crippen molar-refractivity contribution in [2.24, 2.45) is 0 Å². The molecule has 37 heavy (non-hydrogen) atoms. The van der Waals surface area contributed by atoms with Gasteiger partial charge in [0.15, 0.2) is 0 Å². The van der Waals surface area contributed by atoms with Gasteiger partial charge in [-0.15, -0.1) is 11.3 Å². The number of thioether (sulfide) groups is 1. The zero-order valence-corrected chi connectivity index (χ0v) is 22.5. The first-order chi connectivity index (χ1) is 17.8. The molecule has 0 aliphatic carbocycles. The van der Waals surface area contributed by atoms with Crippen LogP contribution in [0.2, 0.25) is 0 Å².